The van der Waals surface area contributed by atoms with Gasteiger partial charge in [0.1, 0.15) is 0 Å². The molecule has 0 fully saturated rings. The maximum Gasteiger partial charge on any atom is 0 e. The molecule has 2 N–H and O–H groups in total. The van der Waals surface area contributed by atoms with E-state index in [0.717, 1.165) is 0 Å². The van der Waals surface area contributed by atoms with Gasteiger partial charge >= 0.3 is 32.1 Å². The van der Waals surface area contributed by atoms with E-state index >= 15 is 0 Å². The van der Waals surface area contributed by atoms with Gasteiger partial charge in [-0.05, 0) is 0 Å². The number of rotatable bonds is 0. The first-order chi connectivity index (χ1) is 2.00. The van der Waals surface area contributed by atoms with Gasteiger partial charge < -0.3 is 0 Å². The van der Waals surface area contributed by atoms with Gasteiger partial charge in [0.05, 0.1) is 0 Å². The second kappa shape index (κ2) is 6.43. The molecule has 7 heteroatoms. The SMILES string of the molecule is O=[Te](=O)(O)O.[Na].[Na]. The molecule has 0 aliphatic rings. The predicted octanol–water partition coefficient (Wildman–Crippen LogP) is -2.49. The van der Waals surface area contributed by atoms with Gasteiger partial charge in [-0.2, -0.15) is 0 Å². The molecule has 0 heterocycles. The molecule has 0 rings (SSSR count). The molecule has 0 aromatic carbocycles. The van der Waals surface area contributed by atoms with Gasteiger partial charge in [0, 0.05) is 59.1 Å². The first-order valence-electron chi connectivity index (χ1n) is 0.698. The van der Waals surface area contributed by atoms with E-state index in [1.165, 1.54) is 0 Å². The van der Waals surface area contributed by atoms with Crippen molar-refractivity contribution in [1.82, 2.24) is 0 Å². The zero-order valence-electron chi connectivity index (χ0n) is 4.12. The van der Waals surface area contributed by atoms with Crippen LogP contribution in [0.5, 0.6) is 0 Å². The van der Waals surface area contributed by atoms with E-state index in [2.05, 4.69) is 0 Å². The second-order valence-corrected chi connectivity index (χ2v) is 3.00. The molecular weight excluding hydrogens is 238 g/mol. The molecule has 2 radical (unpaired) electrons. The van der Waals surface area contributed by atoms with Crippen LogP contribution >= 0.6 is 0 Å². The fraction of sp³-hybridized carbons (Fsp3) is 0. The van der Waals surface area contributed by atoms with Crippen molar-refractivity contribution in [2.45, 2.75) is 0 Å². The molecule has 0 aliphatic heterocycles. The monoisotopic (exact) mass is 242 g/mol. The standard InChI is InChI=1S/2Na.H2O4Te/c;;1-5(2,3)4/h;;(H2,1,2,3,4). The van der Waals surface area contributed by atoms with Gasteiger partial charge in [-0.15, -0.1) is 0 Å². The molecule has 0 saturated carbocycles. The van der Waals surface area contributed by atoms with Gasteiger partial charge in [0.15, 0.2) is 0 Å². The molecule has 0 bridgehead atoms. The number of hydrogen-bond acceptors (Lipinski definition) is 2. The largest absolute Gasteiger partial charge is 0 e. The maximum atomic E-state index is 8.85. The van der Waals surface area contributed by atoms with Crippen LogP contribution in [0.1, 0.15) is 0 Å². The summed E-state index contributed by atoms with van der Waals surface area (Å²) in [5.41, 5.74) is 0. The summed E-state index contributed by atoms with van der Waals surface area (Å²) in [6, 6.07) is 0. The van der Waals surface area contributed by atoms with Crippen molar-refractivity contribution in [2.75, 3.05) is 0 Å². The molecule has 34 valence electrons. The summed E-state index contributed by atoms with van der Waals surface area (Å²) >= 11 is -5.52. The van der Waals surface area contributed by atoms with E-state index in [0.29, 0.717) is 0 Å². The minimum Gasteiger partial charge on any atom is 0 e. The van der Waals surface area contributed by atoms with Crippen LogP contribution in [0.3, 0.4) is 0 Å². The van der Waals surface area contributed by atoms with Crippen molar-refractivity contribution in [1.29, 1.82) is 0 Å². The van der Waals surface area contributed by atoms with E-state index in [9.17, 15) is 0 Å². The Morgan fingerprint density at radius 1 is 1.00 bits per heavy atom. The Labute approximate surface area is 89.5 Å². The third-order valence-electron chi connectivity index (χ3n) is 0. The van der Waals surface area contributed by atoms with E-state index in [-0.39, 0.29) is 59.1 Å². The molecule has 0 aliphatic carbocycles. The van der Waals surface area contributed by atoms with Crippen LogP contribution < -0.4 is 0 Å². The minimum atomic E-state index is -5.52. The Morgan fingerprint density at radius 2 is 1.00 bits per heavy atom. The van der Waals surface area contributed by atoms with Gasteiger partial charge in [-0.3, -0.25) is 0 Å². The smallest absolute Gasteiger partial charge is 0 e. The van der Waals surface area contributed by atoms with Gasteiger partial charge in [-0.25, -0.2) is 0 Å². The topological polar surface area (TPSA) is 74.6 Å². The normalized spacial score (nSPS) is 8.29. The zero-order valence-corrected chi connectivity index (χ0v) is 10.4. The third kappa shape index (κ3) is 62.0. The Hall–Kier alpha value is 2.31. The van der Waals surface area contributed by atoms with Gasteiger partial charge in [0.2, 0.25) is 0 Å². The van der Waals surface area contributed by atoms with Crippen LogP contribution in [-0.2, 0) is 6.21 Å². The van der Waals surface area contributed by atoms with Crippen molar-refractivity contribution in [3.63, 3.8) is 0 Å². The fourth-order valence-electron chi connectivity index (χ4n) is 0. The first kappa shape index (κ1) is 16.1. The summed E-state index contributed by atoms with van der Waals surface area (Å²) in [6.45, 7) is 0. The predicted molar refractivity (Wildman–Crippen MR) is 23.1 cm³/mol. The Bertz CT molecular complexity index is 92.9. The van der Waals surface area contributed by atoms with Crippen LogP contribution in [-0.4, -0.2) is 85.0 Å². The summed E-state index contributed by atoms with van der Waals surface area (Å²) in [5.74, 6) is 0. The average molecular weight is 240 g/mol. The van der Waals surface area contributed by atoms with Crippen molar-refractivity contribution < 1.29 is 13.2 Å². The molecule has 0 spiro atoms. The first-order valence-corrected chi connectivity index (χ1v) is 4.69. The van der Waals surface area contributed by atoms with Gasteiger partial charge in [-0.1, -0.05) is 0 Å². The Morgan fingerprint density at radius 3 is 1.00 bits per heavy atom. The van der Waals surface area contributed by atoms with E-state index in [1.807, 2.05) is 0 Å². The molecule has 7 heavy (non-hydrogen) atoms. The molecule has 0 aromatic rings. The fourth-order valence-corrected chi connectivity index (χ4v) is 0. The molecule has 0 atom stereocenters. The van der Waals surface area contributed by atoms with Gasteiger partial charge in [0.25, 0.3) is 0 Å². The van der Waals surface area contributed by atoms with E-state index in [1.54, 1.807) is 0 Å². The molecule has 0 aromatic heterocycles. The van der Waals surface area contributed by atoms with Crippen LogP contribution in [0.2, 0.25) is 0 Å². The maximum absolute atomic E-state index is 8.85. The molecule has 0 unspecified atom stereocenters. The average Bonchev–Trinajstić information content (AvgIpc) is 0.722. The third-order valence-corrected chi connectivity index (χ3v) is 0. The van der Waals surface area contributed by atoms with Crippen LogP contribution in [0.15, 0.2) is 0 Å². The molecule has 0 saturated heterocycles. The number of hydrogen-bond donors (Lipinski definition) is 2. The summed E-state index contributed by atoms with van der Waals surface area (Å²) in [7, 11) is 0. The van der Waals surface area contributed by atoms with Crippen LogP contribution in [0, 0.1) is 0 Å². The molecule has 0 amide bonds. The van der Waals surface area contributed by atoms with Crippen molar-refractivity contribution in [2.24, 2.45) is 0 Å². The quantitative estimate of drug-likeness (QED) is 0.459. The molecular formula is H2Na2O4Te. The van der Waals surface area contributed by atoms with Crippen LogP contribution in [0.4, 0.5) is 0 Å². The zero-order chi connectivity index (χ0) is 4.50. The van der Waals surface area contributed by atoms with Crippen LogP contribution in [0.25, 0.3) is 0 Å². The van der Waals surface area contributed by atoms with E-state index < -0.39 is 19.0 Å². The summed E-state index contributed by atoms with van der Waals surface area (Å²) < 4.78 is 32.0. The summed E-state index contributed by atoms with van der Waals surface area (Å²) in [6.07, 6.45) is 0. The summed E-state index contributed by atoms with van der Waals surface area (Å²) in [5, 5.41) is 0. The second-order valence-electron chi connectivity index (χ2n) is 0.448. The van der Waals surface area contributed by atoms with E-state index in [4.69, 9.17) is 13.2 Å². The Balaban J connectivity index is -0.0000000800. The van der Waals surface area contributed by atoms with Crippen molar-refractivity contribution >= 4 is 78.1 Å². The molecule has 4 nitrogen and oxygen atoms in total. The van der Waals surface area contributed by atoms with Crippen molar-refractivity contribution in [3.8, 4) is 0 Å². The van der Waals surface area contributed by atoms with Crippen molar-refractivity contribution in [3.05, 3.63) is 0 Å². The Kier molecular flexibility index (Phi) is 14.8. The summed E-state index contributed by atoms with van der Waals surface area (Å²) in [4.78, 5) is 0. The minimum absolute atomic E-state index is 0.